The molecule has 0 saturated heterocycles. The first-order valence-electron chi connectivity index (χ1n) is 8.12. The van der Waals surface area contributed by atoms with E-state index in [0.29, 0.717) is 19.4 Å². The van der Waals surface area contributed by atoms with Crippen molar-refractivity contribution in [2.24, 2.45) is 0 Å². The number of rotatable bonds is 7. The predicted octanol–water partition coefficient (Wildman–Crippen LogP) is 4.10. The van der Waals surface area contributed by atoms with Crippen LogP contribution in [0.5, 0.6) is 0 Å². The molecule has 0 bridgehead atoms. The lowest BCUT2D eigenvalue weighted by atomic mass is 10.1. The molecule has 0 aliphatic rings. The molecule has 2 aromatic carbocycles. The molecule has 122 valence electrons. The van der Waals surface area contributed by atoms with E-state index in [1.165, 1.54) is 5.56 Å². The number of benzene rings is 2. The van der Waals surface area contributed by atoms with E-state index in [0.717, 1.165) is 22.7 Å². The van der Waals surface area contributed by atoms with Crippen molar-refractivity contribution >= 4 is 17.2 Å². The standard InChI is InChI=1S/C20H20N2OS/c23-19(21-14-13-16-7-3-1-4-8-16)11-12-20-22-18(15-24-20)17-9-5-2-6-10-17/h1-10,15H,11-14H2,(H,21,23). The first-order valence-corrected chi connectivity index (χ1v) is 9.00. The van der Waals surface area contributed by atoms with Crippen LogP contribution in [0.25, 0.3) is 11.3 Å². The number of nitrogens with zero attached hydrogens (tertiary/aromatic N) is 1. The lowest BCUT2D eigenvalue weighted by Crippen LogP contribution is -2.25. The summed E-state index contributed by atoms with van der Waals surface area (Å²) in [4.78, 5) is 16.6. The van der Waals surface area contributed by atoms with Crippen LogP contribution < -0.4 is 5.32 Å². The summed E-state index contributed by atoms with van der Waals surface area (Å²) in [6.45, 7) is 0.677. The van der Waals surface area contributed by atoms with Crippen LogP contribution in [0.2, 0.25) is 0 Å². The van der Waals surface area contributed by atoms with E-state index in [4.69, 9.17) is 0 Å². The van der Waals surface area contributed by atoms with Gasteiger partial charge < -0.3 is 5.32 Å². The summed E-state index contributed by atoms with van der Waals surface area (Å²) in [7, 11) is 0. The molecular weight excluding hydrogens is 316 g/mol. The molecule has 0 spiro atoms. The maximum atomic E-state index is 11.9. The Labute approximate surface area is 146 Å². The molecule has 0 aliphatic heterocycles. The second-order valence-corrected chi connectivity index (χ2v) is 6.52. The minimum Gasteiger partial charge on any atom is -0.356 e. The summed E-state index contributed by atoms with van der Waals surface area (Å²) in [5, 5.41) is 6.04. The van der Waals surface area contributed by atoms with Gasteiger partial charge in [0.15, 0.2) is 0 Å². The van der Waals surface area contributed by atoms with E-state index >= 15 is 0 Å². The molecule has 1 aromatic heterocycles. The molecule has 0 atom stereocenters. The number of nitrogens with one attached hydrogen (secondary N) is 1. The molecule has 0 radical (unpaired) electrons. The summed E-state index contributed by atoms with van der Waals surface area (Å²) in [5.74, 6) is 0.0855. The number of carbonyl (C=O) groups is 1. The van der Waals surface area contributed by atoms with Gasteiger partial charge >= 0.3 is 0 Å². The van der Waals surface area contributed by atoms with Crippen LogP contribution in [0.3, 0.4) is 0 Å². The molecule has 1 heterocycles. The first-order chi connectivity index (χ1) is 11.8. The molecule has 24 heavy (non-hydrogen) atoms. The molecule has 3 aromatic rings. The zero-order valence-corrected chi connectivity index (χ0v) is 14.3. The Morgan fingerprint density at radius 3 is 2.42 bits per heavy atom. The van der Waals surface area contributed by atoms with Gasteiger partial charge in [0.05, 0.1) is 10.7 Å². The first kappa shape index (κ1) is 16.4. The number of aromatic nitrogens is 1. The van der Waals surface area contributed by atoms with Gasteiger partial charge in [-0.25, -0.2) is 4.98 Å². The molecule has 0 fully saturated rings. The molecular formula is C20H20N2OS. The highest BCUT2D eigenvalue weighted by Gasteiger charge is 2.07. The van der Waals surface area contributed by atoms with Crippen molar-refractivity contribution in [3.05, 3.63) is 76.6 Å². The summed E-state index contributed by atoms with van der Waals surface area (Å²) < 4.78 is 0. The van der Waals surface area contributed by atoms with Crippen molar-refractivity contribution < 1.29 is 4.79 Å². The lowest BCUT2D eigenvalue weighted by Gasteiger charge is -2.04. The summed E-state index contributed by atoms with van der Waals surface area (Å²) in [5.41, 5.74) is 3.35. The zero-order chi connectivity index (χ0) is 16.6. The average Bonchev–Trinajstić information content (AvgIpc) is 3.11. The smallest absolute Gasteiger partial charge is 0.220 e. The minimum atomic E-state index is 0.0855. The Hall–Kier alpha value is -2.46. The van der Waals surface area contributed by atoms with E-state index in [1.807, 2.05) is 36.4 Å². The van der Waals surface area contributed by atoms with Crippen LogP contribution in [0.15, 0.2) is 66.0 Å². The van der Waals surface area contributed by atoms with Crippen molar-refractivity contribution in [1.29, 1.82) is 0 Å². The van der Waals surface area contributed by atoms with Crippen LogP contribution in [-0.2, 0) is 17.6 Å². The fourth-order valence-electron chi connectivity index (χ4n) is 2.47. The minimum absolute atomic E-state index is 0.0855. The quantitative estimate of drug-likeness (QED) is 0.706. The molecule has 0 saturated carbocycles. The van der Waals surface area contributed by atoms with Crippen molar-refractivity contribution in [2.45, 2.75) is 19.3 Å². The Morgan fingerprint density at radius 1 is 0.958 bits per heavy atom. The van der Waals surface area contributed by atoms with Gasteiger partial charge in [0.1, 0.15) is 0 Å². The zero-order valence-electron chi connectivity index (χ0n) is 13.4. The molecule has 0 aliphatic carbocycles. The Kier molecular flexibility index (Phi) is 5.75. The Balaban J connectivity index is 1.42. The number of thiazole rings is 1. The molecule has 3 rings (SSSR count). The number of hydrogen-bond acceptors (Lipinski definition) is 3. The Morgan fingerprint density at radius 2 is 1.67 bits per heavy atom. The molecule has 0 unspecified atom stereocenters. The number of aryl methyl sites for hydroxylation is 1. The highest BCUT2D eigenvalue weighted by molar-refractivity contribution is 7.09. The second kappa shape index (κ2) is 8.41. The summed E-state index contributed by atoms with van der Waals surface area (Å²) in [6.07, 6.45) is 2.03. The number of amides is 1. The maximum absolute atomic E-state index is 11.9. The third-order valence-electron chi connectivity index (χ3n) is 3.77. The van der Waals surface area contributed by atoms with Crippen molar-refractivity contribution in [1.82, 2.24) is 10.3 Å². The second-order valence-electron chi connectivity index (χ2n) is 5.58. The number of carbonyl (C=O) groups excluding carboxylic acids is 1. The summed E-state index contributed by atoms with van der Waals surface area (Å²) >= 11 is 1.62. The average molecular weight is 336 g/mol. The third-order valence-corrected chi connectivity index (χ3v) is 4.67. The van der Waals surface area contributed by atoms with Crippen LogP contribution in [0, 0.1) is 0 Å². The van der Waals surface area contributed by atoms with Crippen molar-refractivity contribution in [2.75, 3.05) is 6.54 Å². The van der Waals surface area contributed by atoms with Gasteiger partial charge in [-0.1, -0.05) is 60.7 Å². The van der Waals surface area contributed by atoms with Gasteiger partial charge in [0.2, 0.25) is 5.91 Å². The van der Waals surface area contributed by atoms with E-state index in [-0.39, 0.29) is 5.91 Å². The highest BCUT2D eigenvalue weighted by atomic mass is 32.1. The molecule has 1 amide bonds. The van der Waals surface area contributed by atoms with Gasteiger partial charge in [0.25, 0.3) is 0 Å². The molecule has 3 nitrogen and oxygen atoms in total. The normalized spacial score (nSPS) is 10.5. The third kappa shape index (κ3) is 4.77. The monoisotopic (exact) mass is 336 g/mol. The predicted molar refractivity (Wildman–Crippen MR) is 99.0 cm³/mol. The van der Waals surface area contributed by atoms with Gasteiger partial charge in [-0.3, -0.25) is 4.79 Å². The SMILES string of the molecule is O=C(CCc1nc(-c2ccccc2)cs1)NCCc1ccccc1. The van der Waals surface area contributed by atoms with Crippen LogP contribution in [0.4, 0.5) is 0 Å². The van der Waals surface area contributed by atoms with Crippen LogP contribution in [0.1, 0.15) is 17.0 Å². The molecule has 1 N–H and O–H groups in total. The van der Waals surface area contributed by atoms with Crippen molar-refractivity contribution in [3.8, 4) is 11.3 Å². The largest absolute Gasteiger partial charge is 0.356 e. The van der Waals surface area contributed by atoms with E-state index in [1.54, 1.807) is 11.3 Å². The lowest BCUT2D eigenvalue weighted by molar-refractivity contribution is -0.121. The molecule has 4 heteroatoms. The van der Waals surface area contributed by atoms with Gasteiger partial charge in [0, 0.05) is 30.3 Å². The number of hydrogen-bond donors (Lipinski definition) is 1. The van der Waals surface area contributed by atoms with Crippen molar-refractivity contribution in [3.63, 3.8) is 0 Å². The van der Waals surface area contributed by atoms with E-state index in [9.17, 15) is 4.79 Å². The van der Waals surface area contributed by atoms with Crippen LogP contribution in [-0.4, -0.2) is 17.4 Å². The fourth-order valence-corrected chi connectivity index (χ4v) is 3.27. The maximum Gasteiger partial charge on any atom is 0.220 e. The van der Waals surface area contributed by atoms with Crippen LogP contribution >= 0.6 is 11.3 Å². The fraction of sp³-hybridized carbons (Fsp3) is 0.200. The highest BCUT2D eigenvalue weighted by Crippen LogP contribution is 2.22. The van der Waals surface area contributed by atoms with Gasteiger partial charge in [-0.15, -0.1) is 11.3 Å². The van der Waals surface area contributed by atoms with E-state index in [2.05, 4.69) is 39.9 Å². The summed E-state index contributed by atoms with van der Waals surface area (Å²) in [6, 6.07) is 20.3. The van der Waals surface area contributed by atoms with Gasteiger partial charge in [-0.2, -0.15) is 0 Å². The Bertz CT molecular complexity index is 769. The van der Waals surface area contributed by atoms with E-state index < -0.39 is 0 Å². The topological polar surface area (TPSA) is 42.0 Å². The van der Waals surface area contributed by atoms with Gasteiger partial charge in [-0.05, 0) is 12.0 Å².